The first-order chi connectivity index (χ1) is 16.0. The number of ether oxygens (including phenoxy) is 3. The number of nitrogens with zero attached hydrogens (tertiary/aromatic N) is 1. The van der Waals surface area contributed by atoms with Crippen LogP contribution in [-0.4, -0.2) is 31.3 Å². The highest BCUT2D eigenvalue weighted by molar-refractivity contribution is 9.10. The van der Waals surface area contributed by atoms with Gasteiger partial charge in [0, 0.05) is 16.1 Å². The number of hydrazone groups is 1. The maximum absolute atomic E-state index is 12.1. The van der Waals surface area contributed by atoms with Gasteiger partial charge in [0.15, 0.2) is 18.1 Å². The zero-order valence-corrected chi connectivity index (χ0v) is 19.3. The van der Waals surface area contributed by atoms with Gasteiger partial charge in [-0.1, -0.05) is 28.1 Å². The lowest BCUT2D eigenvalue weighted by Crippen LogP contribution is -2.24. The molecule has 1 amide bonds. The summed E-state index contributed by atoms with van der Waals surface area (Å²) in [7, 11) is 0. The van der Waals surface area contributed by atoms with E-state index in [1.807, 2.05) is 13.0 Å². The van der Waals surface area contributed by atoms with Crippen LogP contribution in [0, 0.1) is 0 Å². The number of esters is 1. The lowest BCUT2D eigenvalue weighted by Gasteiger charge is -2.10. The van der Waals surface area contributed by atoms with E-state index in [-0.39, 0.29) is 12.4 Å². The third-order valence-corrected chi connectivity index (χ3v) is 4.50. The van der Waals surface area contributed by atoms with E-state index in [2.05, 4.69) is 26.5 Å². The number of rotatable bonds is 10. The summed E-state index contributed by atoms with van der Waals surface area (Å²) in [5.74, 6) is 0.757. The molecule has 3 rings (SSSR count). The Hall–Kier alpha value is -3.85. The minimum atomic E-state index is -0.589. The Morgan fingerprint density at radius 1 is 1.06 bits per heavy atom. The summed E-state index contributed by atoms with van der Waals surface area (Å²) in [5, 5.41) is 3.93. The van der Waals surface area contributed by atoms with Crippen LogP contribution in [0.5, 0.6) is 17.2 Å². The highest BCUT2D eigenvalue weighted by Gasteiger charge is 2.09. The van der Waals surface area contributed by atoms with E-state index in [1.165, 1.54) is 24.6 Å². The van der Waals surface area contributed by atoms with Crippen LogP contribution in [-0.2, 0) is 9.59 Å². The number of halogens is 1. The summed E-state index contributed by atoms with van der Waals surface area (Å²) < 4.78 is 22.2. The Kier molecular flexibility index (Phi) is 8.84. The Balaban J connectivity index is 1.57. The van der Waals surface area contributed by atoms with Gasteiger partial charge in [-0.15, -0.1) is 0 Å². The van der Waals surface area contributed by atoms with E-state index >= 15 is 0 Å². The molecule has 0 atom stereocenters. The molecule has 0 aliphatic rings. The summed E-state index contributed by atoms with van der Waals surface area (Å²) in [4.78, 5) is 24.2. The molecule has 1 N–H and O–H groups in total. The van der Waals surface area contributed by atoms with Gasteiger partial charge in [0.05, 0.1) is 19.1 Å². The molecule has 0 aliphatic carbocycles. The van der Waals surface area contributed by atoms with E-state index in [4.69, 9.17) is 18.6 Å². The number of carbonyl (C=O) groups is 2. The van der Waals surface area contributed by atoms with Crippen LogP contribution in [0.3, 0.4) is 0 Å². The zero-order valence-electron chi connectivity index (χ0n) is 17.7. The van der Waals surface area contributed by atoms with Crippen LogP contribution in [0.4, 0.5) is 0 Å². The molecule has 0 spiro atoms. The summed E-state index contributed by atoms with van der Waals surface area (Å²) >= 11 is 3.36. The van der Waals surface area contributed by atoms with Gasteiger partial charge < -0.3 is 18.6 Å². The number of furan rings is 1. The molecule has 8 nitrogen and oxygen atoms in total. The van der Waals surface area contributed by atoms with E-state index < -0.39 is 11.9 Å². The summed E-state index contributed by atoms with van der Waals surface area (Å²) in [6, 6.07) is 15.5. The molecule has 0 fully saturated rings. The van der Waals surface area contributed by atoms with E-state index in [0.717, 1.165) is 4.47 Å². The van der Waals surface area contributed by atoms with Crippen LogP contribution in [0.2, 0.25) is 0 Å². The largest absolute Gasteiger partial charge is 0.490 e. The molecule has 2 aromatic carbocycles. The maximum atomic E-state index is 12.1. The molecule has 1 aromatic heterocycles. The van der Waals surface area contributed by atoms with Gasteiger partial charge in [-0.2, -0.15) is 5.10 Å². The summed E-state index contributed by atoms with van der Waals surface area (Å²) in [6.07, 6.45) is 5.63. The normalized spacial score (nSPS) is 11.0. The Bertz CT molecular complexity index is 1140. The second-order valence-corrected chi connectivity index (χ2v) is 7.33. The minimum Gasteiger partial charge on any atom is -0.490 e. The van der Waals surface area contributed by atoms with Crippen molar-refractivity contribution in [3.05, 3.63) is 82.7 Å². The van der Waals surface area contributed by atoms with Crippen LogP contribution < -0.4 is 19.6 Å². The molecule has 3 aromatic rings. The SMILES string of the molecule is CCOc1ccccc1OCC(=O)N/N=C/c1cc(Br)ccc1OC(=O)/C=C/c1ccco1. The summed E-state index contributed by atoms with van der Waals surface area (Å²) in [6.45, 7) is 2.09. The first kappa shape index (κ1) is 23.8. The fourth-order valence-corrected chi connectivity index (χ4v) is 2.96. The Morgan fingerprint density at radius 2 is 1.85 bits per heavy atom. The van der Waals surface area contributed by atoms with Crippen molar-refractivity contribution >= 4 is 40.1 Å². The highest BCUT2D eigenvalue weighted by Crippen LogP contribution is 2.26. The number of para-hydroxylation sites is 2. The van der Waals surface area contributed by atoms with Crippen LogP contribution in [0.1, 0.15) is 18.2 Å². The molecule has 0 radical (unpaired) electrons. The van der Waals surface area contributed by atoms with Crippen molar-refractivity contribution in [2.24, 2.45) is 5.10 Å². The maximum Gasteiger partial charge on any atom is 0.336 e. The van der Waals surface area contributed by atoms with Gasteiger partial charge in [-0.05, 0) is 55.5 Å². The van der Waals surface area contributed by atoms with Crippen molar-refractivity contribution in [1.29, 1.82) is 0 Å². The topological polar surface area (TPSA) is 99.4 Å². The Morgan fingerprint density at radius 3 is 2.58 bits per heavy atom. The number of hydrogen-bond donors (Lipinski definition) is 1. The van der Waals surface area contributed by atoms with Crippen molar-refractivity contribution < 1.29 is 28.2 Å². The smallest absolute Gasteiger partial charge is 0.336 e. The van der Waals surface area contributed by atoms with Crippen molar-refractivity contribution in [2.45, 2.75) is 6.92 Å². The fourth-order valence-electron chi connectivity index (χ4n) is 2.59. The second-order valence-electron chi connectivity index (χ2n) is 6.41. The molecule has 0 aliphatic heterocycles. The molecule has 9 heteroatoms. The van der Waals surface area contributed by atoms with Crippen LogP contribution in [0.15, 0.2) is 80.9 Å². The molecule has 0 bridgehead atoms. The molecule has 0 unspecified atom stereocenters. The molecule has 33 heavy (non-hydrogen) atoms. The predicted molar refractivity (Wildman–Crippen MR) is 126 cm³/mol. The van der Waals surface area contributed by atoms with Crippen molar-refractivity contribution in [3.63, 3.8) is 0 Å². The molecule has 1 heterocycles. The Labute approximate surface area is 199 Å². The standard InChI is InChI=1S/C24H21BrN2O6/c1-2-30-21-7-3-4-8-22(21)32-16-23(28)27-26-15-17-14-18(25)9-11-20(17)33-24(29)12-10-19-6-5-13-31-19/h3-15H,2,16H2,1H3,(H,27,28)/b12-10+,26-15+. The van der Waals surface area contributed by atoms with E-state index in [9.17, 15) is 9.59 Å². The third-order valence-electron chi connectivity index (χ3n) is 4.01. The lowest BCUT2D eigenvalue weighted by molar-refractivity contribution is -0.129. The van der Waals surface area contributed by atoms with Crippen LogP contribution in [0.25, 0.3) is 6.08 Å². The van der Waals surface area contributed by atoms with Gasteiger partial charge in [0.2, 0.25) is 0 Å². The van der Waals surface area contributed by atoms with Crippen LogP contribution >= 0.6 is 15.9 Å². The van der Waals surface area contributed by atoms with Crippen molar-refractivity contribution in [2.75, 3.05) is 13.2 Å². The zero-order chi connectivity index (χ0) is 23.5. The van der Waals surface area contributed by atoms with E-state index in [1.54, 1.807) is 48.5 Å². The van der Waals surface area contributed by atoms with Gasteiger partial charge in [0.25, 0.3) is 5.91 Å². The third kappa shape index (κ3) is 7.65. The highest BCUT2D eigenvalue weighted by atomic mass is 79.9. The quantitative estimate of drug-likeness (QED) is 0.140. The number of amides is 1. The number of nitrogens with one attached hydrogen (secondary N) is 1. The second kappa shape index (κ2) is 12.3. The lowest BCUT2D eigenvalue weighted by atomic mass is 10.2. The molecule has 170 valence electrons. The van der Waals surface area contributed by atoms with Gasteiger partial charge >= 0.3 is 5.97 Å². The average molecular weight is 513 g/mol. The number of hydrogen-bond acceptors (Lipinski definition) is 7. The fraction of sp³-hybridized carbons (Fsp3) is 0.125. The molecular formula is C24H21BrN2O6. The monoisotopic (exact) mass is 512 g/mol. The van der Waals surface area contributed by atoms with Crippen molar-refractivity contribution in [3.8, 4) is 17.2 Å². The predicted octanol–water partition coefficient (Wildman–Crippen LogP) is 4.59. The van der Waals surface area contributed by atoms with E-state index in [0.29, 0.717) is 29.4 Å². The first-order valence-electron chi connectivity index (χ1n) is 9.94. The average Bonchev–Trinajstić information content (AvgIpc) is 3.33. The molecular weight excluding hydrogens is 492 g/mol. The number of benzene rings is 2. The molecule has 0 saturated carbocycles. The van der Waals surface area contributed by atoms with Gasteiger partial charge in [0.1, 0.15) is 11.5 Å². The summed E-state index contributed by atoms with van der Waals surface area (Å²) in [5.41, 5.74) is 2.86. The number of carbonyl (C=O) groups excluding carboxylic acids is 2. The first-order valence-corrected chi connectivity index (χ1v) is 10.7. The minimum absolute atomic E-state index is 0.251. The molecule has 0 saturated heterocycles. The van der Waals surface area contributed by atoms with Gasteiger partial charge in [-0.3, -0.25) is 4.79 Å². The van der Waals surface area contributed by atoms with Gasteiger partial charge in [-0.25, -0.2) is 10.2 Å². The van der Waals surface area contributed by atoms with Crippen molar-refractivity contribution in [1.82, 2.24) is 5.43 Å².